The van der Waals surface area contributed by atoms with Crippen LogP contribution in [-0.4, -0.2) is 23.8 Å². The van der Waals surface area contributed by atoms with Crippen LogP contribution in [0.4, 0.5) is 0 Å². The second-order valence-electron chi connectivity index (χ2n) is 4.96. The Morgan fingerprint density at radius 3 is 2.45 bits per heavy atom. The number of fused-ring (bicyclic) bond motifs is 1. The average molecular weight is 314 g/mol. The summed E-state index contributed by atoms with van der Waals surface area (Å²) in [6, 6.07) is 13.8. The van der Waals surface area contributed by atoms with Gasteiger partial charge in [-0.1, -0.05) is 41.1 Å². The van der Waals surface area contributed by atoms with E-state index in [-0.39, 0.29) is 4.90 Å². The van der Waals surface area contributed by atoms with Crippen LogP contribution in [0.3, 0.4) is 0 Å². The lowest BCUT2D eigenvalue weighted by molar-refractivity contribution is 0.322. The SMILES string of the molecule is Cc1ccc(S(=O)(=O)n2cc(/C=N/O)c3ccccc32)cc1. The third-order valence-electron chi connectivity index (χ3n) is 3.48. The summed E-state index contributed by atoms with van der Waals surface area (Å²) in [5.41, 5.74) is 2.07. The monoisotopic (exact) mass is 314 g/mol. The van der Waals surface area contributed by atoms with Crippen molar-refractivity contribution in [2.75, 3.05) is 0 Å². The molecule has 0 unspecified atom stereocenters. The molecule has 0 radical (unpaired) electrons. The summed E-state index contributed by atoms with van der Waals surface area (Å²) < 4.78 is 26.9. The molecule has 0 atom stereocenters. The van der Waals surface area contributed by atoms with Gasteiger partial charge in [0.25, 0.3) is 10.0 Å². The summed E-state index contributed by atoms with van der Waals surface area (Å²) >= 11 is 0. The molecular weight excluding hydrogens is 300 g/mol. The molecule has 0 bridgehead atoms. The first-order valence-electron chi connectivity index (χ1n) is 6.64. The zero-order valence-corrected chi connectivity index (χ0v) is 12.7. The predicted octanol–water partition coefficient (Wildman–Crippen LogP) is 2.99. The van der Waals surface area contributed by atoms with Crippen molar-refractivity contribution in [2.24, 2.45) is 5.16 Å². The van der Waals surface area contributed by atoms with Gasteiger partial charge in [-0.05, 0) is 25.1 Å². The molecule has 0 amide bonds. The zero-order chi connectivity index (χ0) is 15.7. The smallest absolute Gasteiger partial charge is 0.268 e. The molecule has 22 heavy (non-hydrogen) atoms. The van der Waals surface area contributed by atoms with Gasteiger partial charge in [-0.15, -0.1) is 0 Å². The van der Waals surface area contributed by atoms with Crippen molar-refractivity contribution in [1.29, 1.82) is 0 Å². The summed E-state index contributed by atoms with van der Waals surface area (Å²) in [5.74, 6) is 0. The highest BCUT2D eigenvalue weighted by atomic mass is 32.2. The van der Waals surface area contributed by atoms with Crippen molar-refractivity contribution in [3.63, 3.8) is 0 Å². The van der Waals surface area contributed by atoms with Crippen LogP contribution in [-0.2, 0) is 10.0 Å². The zero-order valence-electron chi connectivity index (χ0n) is 11.8. The Hall–Kier alpha value is -2.60. The van der Waals surface area contributed by atoms with Crippen LogP contribution in [0.2, 0.25) is 0 Å². The van der Waals surface area contributed by atoms with Crippen molar-refractivity contribution < 1.29 is 13.6 Å². The lowest BCUT2D eigenvalue weighted by Crippen LogP contribution is -2.11. The quantitative estimate of drug-likeness (QED) is 0.459. The van der Waals surface area contributed by atoms with Crippen molar-refractivity contribution in [2.45, 2.75) is 11.8 Å². The van der Waals surface area contributed by atoms with E-state index in [9.17, 15) is 8.42 Å². The Kier molecular flexibility index (Phi) is 3.46. The maximum atomic E-state index is 12.8. The van der Waals surface area contributed by atoms with Crippen molar-refractivity contribution in [3.8, 4) is 0 Å². The van der Waals surface area contributed by atoms with E-state index in [2.05, 4.69) is 5.16 Å². The van der Waals surface area contributed by atoms with E-state index < -0.39 is 10.0 Å². The number of aryl methyl sites for hydroxylation is 1. The molecule has 112 valence electrons. The molecule has 0 saturated heterocycles. The van der Waals surface area contributed by atoms with Gasteiger partial charge in [-0.25, -0.2) is 12.4 Å². The maximum absolute atomic E-state index is 12.8. The van der Waals surface area contributed by atoms with Gasteiger partial charge in [-0.3, -0.25) is 0 Å². The molecule has 3 rings (SSSR count). The van der Waals surface area contributed by atoms with Gasteiger partial charge < -0.3 is 5.21 Å². The van der Waals surface area contributed by atoms with Gasteiger partial charge in [0.05, 0.1) is 16.6 Å². The van der Waals surface area contributed by atoms with E-state index >= 15 is 0 Å². The molecular formula is C16H14N2O3S. The molecule has 0 saturated carbocycles. The minimum atomic E-state index is -3.71. The first-order chi connectivity index (χ1) is 10.5. The van der Waals surface area contributed by atoms with E-state index in [0.717, 1.165) is 5.56 Å². The predicted molar refractivity (Wildman–Crippen MR) is 85.1 cm³/mol. The lowest BCUT2D eigenvalue weighted by atomic mass is 10.2. The topological polar surface area (TPSA) is 71.7 Å². The third kappa shape index (κ3) is 2.27. The van der Waals surface area contributed by atoms with E-state index in [4.69, 9.17) is 5.21 Å². The summed E-state index contributed by atoms with van der Waals surface area (Å²) in [6.45, 7) is 1.90. The Labute approximate surface area is 128 Å². The second-order valence-corrected chi connectivity index (χ2v) is 6.78. The van der Waals surface area contributed by atoms with E-state index in [1.807, 2.05) is 6.92 Å². The van der Waals surface area contributed by atoms with Crippen LogP contribution in [0, 0.1) is 6.92 Å². The minimum Gasteiger partial charge on any atom is -0.411 e. The standard InChI is InChI=1S/C16H14N2O3S/c1-12-6-8-14(9-7-12)22(20,21)18-11-13(10-17-19)15-4-2-3-5-16(15)18/h2-11,19H,1H3/b17-10+. The molecule has 6 heteroatoms. The highest BCUT2D eigenvalue weighted by Crippen LogP contribution is 2.25. The number of oxime groups is 1. The average Bonchev–Trinajstić information content (AvgIpc) is 2.88. The van der Waals surface area contributed by atoms with Gasteiger partial charge in [-0.2, -0.15) is 0 Å². The van der Waals surface area contributed by atoms with Gasteiger partial charge in [0.15, 0.2) is 0 Å². The van der Waals surface area contributed by atoms with Gasteiger partial charge in [0.2, 0.25) is 0 Å². The Bertz CT molecular complexity index is 955. The summed E-state index contributed by atoms with van der Waals surface area (Å²) in [4.78, 5) is 0.214. The first-order valence-corrected chi connectivity index (χ1v) is 8.08. The van der Waals surface area contributed by atoms with Crippen molar-refractivity contribution >= 4 is 27.1 Å². The fraction of sp³-hybridized carbons (Fsp3) is 0.0625. The number of para-hydroxylation sites is 1. The second kappa shape index (κ2) is 5.31. The van der Waals surface area contributed by atoms with Gasteiger partial charge in [0, 0.05) is 17.1 Å². The number of rotatable bonds is 3. The van der Waals surface area contributed by atoms with Gasteiger partial charge in [0.1, 0.15) is 0 Å². The Morgan fingerprint density at radius 1 is 1.09 bits per heavy atom. The van der Waals surface area contributed by atoms with Crippen LogP contribution >= 0.6 is 0 Å². The number of aromatic nitrogens is 1. The lowest BCUT2D eigenvalue weighted by Gasteiger charge is -2.07. The number of nitrogens with zero attached hydrogens (tertiary/aromatic N) is 2. The van der Waals surface area contributed by atoms with Crippen LogP contribution in [0.5, 0.6) is 0 Å². The van der Waals surface area contributed by atoms with E-state index in [1.54, 1.807) is 48.5 Å². The van der Waals surface area contributed by atoms with Crippen LogP contribution in [0.1, 0.15) is 11.1 Å². The molecule has 1 heterocycles. The molecule has 0 aliphatic heterocycles. The largest absolute Gasteiger partial charge is 0.411 e. The first kappa shape index (κ1) is 14.3. The number of hydrogen-bond donors (Lipinski definition) is 1. The third-order valence-corrected chi connectivity index (χ3v) is 5.17. The molecule has 0 fully saturated rings. The molecule has 1 aromatic heterocycles. The van der Waals surface area contributed by atoms with Crippen LogP contribution in [0.25, 0.3) is 10.9 Å². The summed E-state index contributed by atoms with van der Waals surface area (Å²) in [5, 5.41) is 12.5. The molecule has 0 aliphatic rings. The Morgan fingerprint density at radius 2 is 1.77 bits per heavy atom. The highest BCUT2D eigenvalue weighted by molar-refractivity contribution is 7.90. The molecule has 0 spiro atoms. The number of hydrogen-bond acceptors (Lipinski definition) is 4. The Balaban J connectivity index is 2.27. The van der Waals surface area contributed by atoms with Crippen LogP contribution in [0.15, 0.2) is 64.8 Å². The van der Waals surface area contributed by atoms with E-state index in [0.29, 0.717) is 16.5 Å². The van der Waals surface area contributed by atoms with Crippen LogP contribution < -0.4 is 0 Å². The molecule has 0 aliphatic carbocycles. The number of benzene rings is 2. The van der Waals surface area contributed by atoms with Crippen molar-refractivity contribution in [1.82, 2.24) is 3.97 Å². The normalized spacial score (nSPS) is 12.2. The molecule has 5 nitrogen and oxygen atoms in total. The van der Waals surface area contributed by atoms with E-state index in [1.165, 1.54) is 16.4 Å². The molecule has 3 aromatic rings. The summed E-state index contributed by atoms with van der Waals surface area (Å²) in [6.07, 6.45) is 2.68. The van der Waals surface area contributed by atoms with Crippen molar-refractivity contribution in [3.05, 3.63) is 65.9 Å². The minimum absolute atomic E-state index is 0.214. The highest BCUT2D eigenvalue weighted by Gasteiger charge is 2.20. The fourth-order valence-electron chi connectivity index (χ4n) is 2.36. The maximum Gasteiger partial charge on any atom is 0.268 e. The summed E-state index contributed by atoms with van der Waals surface area (Å²) in [7, 11) is -3.71. The molecule has 2 aromatic carbocycles. The molecule has 1 N–H and O–H groups in total. The fourth-order valence-corrected chi connectivity index (χ4v) is 3.74. The van der Waals surface area contributed by atoms with Gasteiger partial charge >= 0.3 is 0 Å².